The second kappa shape index (κ2) is 6.50. The minimum atomic E-state index is -1.80. The Balaban J connectivity index is 2.27. The molecule has 2 aromatic rings. The Morgan fingerprint density at radius 2 is 1.96 bits per heavy atom. The fourth-order valence-electron chi connectivity index (χ4n) is 2.58. The molecular weight excluding hydrogens is 432 g/mol. The van der Waals surface area contributed by atoms with Gasteiger partial charge in [-0.05, 0) is 18.2 Å². The lowest BCUT2D eigenvalue weighted by Crippen LogP contribution is -2.28. The summed E-state index contributed by atoms with van der Waals surface area (Å²) >= 11 is 3.71. The van der Waals surface area contributed by atoms with Crippen LogP contribution in [0.3, 0.4) is 0 Å². The normalized spacial score (nSPS) is 14.0. The van der Waals surface area contributed by atoms with Gasteiger partial charge < -0.3 is 15.3 Å². The quantitative estimate of drug-likeness (QED) is 0.584. The number of benzene rings is 1. The number of amides is 1. The van der Waals surface area contributed by atoms with E-state index in [1.54, 1.807) is 18.2 Å². The fraction of sp³-hybridized carbons (Fsp3) is 0.133. The number of aromatic hydroxyl groups is 1. The average molecular weight is 441 g/mol. The molecule has 0 bridgehead atoms. The Kier molecular flexibility index (Phi) is 4.50. The third kappa shape index (κ3) is 2.95. The minimum absolute atomic E-state index is 0.0425. The number of thiazole rings is 1. The summed E-state index contributed by atoms with van der Waals surface area (Å²) < 4.78 is 1.10. The van der Waals surface area contributed by atoms with Crippen LogP contribution in [0, 0.1) is 0 Å². The topological polar surface area (TPSA) is 146 Å². The van der Waals surface area contributed by atoms with Crippen LogP contribution in [0.1, 0.15) is 17.3 Å². The Morgan fingerprint density at radius 1 is 1.27 bits per heavy atom. The van der Waals surface area contributed by atoms with Crippen molar-refractivity contribution in [3.05, 3.63) is 47.8 Å². The summed E-state index contributed by atoms with van der Waals surface area (Å²) in [6.45, 7) is 0. The van der Waals surface area contributed by atoms with E-state index in [2.05, 4.69) is 20.9 Å². The van der Waals surface area contributed by atoms with Crippen molar-refractivity contribution >= 4 is 50.7 Å². The van der Waals surface area contributed by atoms with E-state index < -0.39 is 41.1 Å². The Labute approximate surface area is 156 Å². The third-order valence-corrected chi connectivity index (χ3v) is 5.13. The number of carboxylic acids is 2. The number of hydrogen-bond acceptors (Lipinski definition) is 6. The lowest BCUT2D eigenvalue weighted by Gasteiger charge is -2.12. The zero-order chi connectivity index (χ0) is 19.2. The molecular formula is C15H9BrN2O7S. The van der Waals surface area contributed by atoms with Gasteiger partial charge in [0, 0.05) is 9.69 Å². The third-order valence-electron chi connectivity index (χ3n) is 3.67. The Morgan fingerprint density at radius 3 is 2.58 bits per heavy atom. The van der Waals surface area contributed by atoms with Crippen molar-refractivity contribution < 1.29 is 29.7 Å². The molecule has 0 aliphatic carbocycles. The highest BCUT2D eigenvalue weighted by molar-refractivity contribution is 9.10. The molecule has 0 spiro atoms. The Bertz CT molecular complexity index is 1150. The van der Waals surface area contributed by atoms with Gasteiger partial charge in [-0.3, -0.25) is 19.0 Å². The number of fused-ring (bicyclic) bond motifs is 1. The number of carbonyl (C=O) groups is 3. The molecule has 1 unspecified atom stereocenters. The summed E-state index contributed by atoms with van der Waals surface area (Å²) in [4.78, 5) is 49.5. The molecule has 1 atom stereocenters. The van der Waals surface area contributed by atoms with Crippen LogP contribution in [-0.4, -0.2) is 37.7 Å². The summed E-state index contributed by atoms with van der Waals surface area (Å²) in [5, 5.41) is 29.2. The van der Waals surface area contributed by atoms with Gasteiger partial charge in [0.05, 0.1) is 17.4 Å². The molecule has 0 saturated carbocycles. The molecule has 1 aromatic heterocycles. The highest BCUT2D eigenvalue weighted by atomic mass is 79.9. The number of aromatic nitrogens is 1. The van der Waals surface area contributed by atoms with E-state index in [0.717, 1.165) is 0 Å². The maximum atomic E-state index is 12.3. The lowest BCUT2D eigenvalue weighted by atomic mass is 10.1. The van der Waals surface area contributed by atoms with E-state index in [1.807, 2.05) is 0 Å². The molecule has 1 aromatic carbocycles. The average Bonchev–Trinajstić information content (AvgIpc) is 3.00. The first-order valence-electron chi connectivity index (χ1n) is 7.03. The van der Waals surface area contributed by atoms with Crippen molar-refractivity contribution in [3.63, 3.8) is 0 Å². The molecule has 0 fully saturated rings. The monoisotopic (exact) mass is 440 g/mol. The van der Waals surface area contributed by atoms with Crippen LogP contribution >= 0.6 is 27.3 Å². The van der Waals surface area contributed by atoms with Gasteiger partial charge in [-0.25, -0.2) is 9.79 Å². The first-order chi connectivity index (χ1) is 12.2. The number of nitrogens with zero attached hydrogens (tertiary/aromatic N) is 2. The molecule has 1 aliphatic rings. The molecule has 1 amide bonds. The van der Waals surface area contributed by atoms with Crippen LogP contribution in [0.4, 0.5) is 0 Å². The second-order valence-corrected chi connectivity index (χ2v) is 7.17. The zero-order valence-electron chi connectivity index (χ0n) is 12.7. The van der Waals surface area contributed by atoms with Gasteiger partial charge in [0.2, 0.25) is 5.88 Å². The van der Waals surface area contributed by atoms with E-state index in [0.29, 0.717) is 31.0 Å². The van der Waals surface area contributed by atoms with Crippen molar-refractivity contribution in [2.24, 2.45) is 4.99 Å². The number of carboxylic acid groups (broad SMARTS) is 2. The highest BCUT2D eigenvalue weighted by Crippen LogP contribution is 2.31. The predicted octanol–water partition coefficient (Wildman–Crippen LogP) is -0.163. The van der Waals surface area contributed by atoms with Gasteiger partial charge >= 0.3 is 16.8 Å². The van der Waals surface area contributed by atoms with Crippen LogP contribution in [0.25, 0.3) is 5.57 Å². The lowest BCUT2D eigenvalue weighted by molar-refractivity contribution is -0.147. The predicted molar refractivity (Wildman–Crippen MR) is 91.6 cm³/mol. The number of hydrogen-bond donors (Lipinski definition) is 3. The molecule has 0 radical (unpaired) electrons. The van der Waals surface area contributed by atoms with Gasteiger partial charge in [0.25, 0.3) is 5.91 Å². The standard InChI is InChI=1S/C15H9BrN2O7S/c16-5-1-2-7-6(3-5)10(12(21)17-7)11-13(22)18(15(25)26-11)8(14(23)24)4-9(19)20/h1-3,8,22H,4H2,(H,19,20)(H,23,24). The molecule has 134 valence electrons. The van der Waals surface area contributed by atoms with Gasteiger partial charge in [0.15, 0.2) is 0 Å². The number of carbonyl (C=O) groups excluding carboxylic acids is 1. The van der Waals surface area contributed by atoms with E-state index in [-0.39, 0.29) is 10.5 Å². The van der Waals surface area contributed by atoms with Gasteiger partial charge in [-0.15, -0.1) is 0 Å². The van der Waals surface area contributed by atoms with Crippen molar-refractivity contribution in [2.75, 3.05) is 0 Å². The molecule has 26 heavy (non-hydrogen) atoms. The second-order valence-electron chi connectivity index (χ2n) is 5.30. The summed E-state index contributed by atoms with van der Waals surface area (Å²) in [6.07, 6.45) is -0.908. The number of aliphatic carboxylic acids is 2. The molecule has 2 heterocycles. The molecule has 11 heteroatoms. The summed E-state index contributed by atoms with van der Waals surface area (Å²) in [6, 6.07) is 3.02. The maximum Gasteiger partial charge on any atom is 0.327 e. The van der Waals surface area contributed by atoms with Crippen molar-refractivity contribution in [1.29, 1.82) is 0 Å². The molecule has 1 aliphatic heterocycles. The van der Waals surface area contributed by atoms with Crippen LogP contribution in [0.2, 0.25) is 0 Å². The van der Waals surface area contributed by atoms with Crippen molar-refractivity contribution in [3.8, 4) is 5.88 Å². The summed E-state index contributed by atoms with van der Waals surface area (Å²) in [5.74, 6) is -4.51. The molecule has 9 nitrogen and oxygen atoms in total. The van der Waals surface area contributed by atoms with Crippen LogP contribution in [0.5, 0.6) is 5.88 Å². The van der Waals surface area contributed by atoms with Crippen LogP contribution in [-0.2, 0) is 14.4 Å². The Hall–Kier alpha value is -2.79. The van der Waals surface area contributed by atoms with Crippen LogP contribution < -0.4 is 15.4 Å². The smallest absolute Gasteiger partial charge is 0.327 e. The SMILES string of the molecule is O=C(O)CC(C(=O)O)n1c(O)c(C2=c3cc(Br)ccc3=NC2=O)sc1=O. The van der Waals surface area contributed by atoms with E-state index in [4.69, 9.17) is 5.11 Å². The number of halogens is 1. The van der Waals surface area contributed by atoms with Gasteiger partial charge in [0.1, 0.15) is 10.9 Å². The van der Waals surface area contributed by atoms with Crippen LogP contribution in [0.15, 0.2) is 32.5 Å². The number of rotatable bonds is 5. The van der Waals surface area contributed by atoms with E-state index in [9.17, 15) is 29.4 Å². The van der Waals surface area contributed by atoms with Crippen molar-refractivity contribution in [2.45, 2.75) is 12.5 Å². The van der Waals surface area contributed by atoms with Crippen molar-refractivity contribution in [1.82, 2.24) is 4.57 Å². The minimum Gasteiger partial charge on any atom is -0.493 e. The van der Waals surface area contributed by atoms with E-state index >= 15 is 0 Å². The highest BCUT2D eigenvalue weighted by Gasteiger charge is 2.32. The largest absolute Gasteiger partial charge is 0.493 e. The van der Waals surface area contributed by atoms with E-state index in [1.165, 1.54) is 0 Å². The first-order valence-corrected chi connectivity index (χ1v) is 8.64. The summed E-state index contributed by atoms with van der Waals surface area (Å²) in [5.41, 5.74) is -0.0425. The zero-order valence-corrected chi connectivity index (χ0v) is 15.1. The maximum absolute atomic E-state index is 12.3. The van der Waals surface area contributed by atoms with Gasteiger partial charge in [-0.1, -0.05) is 27.3 Å². The fourth-order valence-corrected chi connectivity index (χ4v) is 3.91. The first kappa shape index (κ1) is 18.0. The van der Waals surface area contributed by atoms with Gasteiger partial charge in [-0.2, -0.15) is 0 Å². The molecule has 3 rings (SSSR count). The molecule has 0 saturated heterocycles. The summed E-state index contributed by atoms with van der Waals surface area (Å²) in [7, 11) is 0. The molecule has 3 N–H and O–H groups in total.